The van der Waals surface area contributed by atoms with Crippen molar-refractivity contribution in [3.8, 4) is 5.69 Å². The van der Waals surface area contributed by atoms with Crippen LogP contribution in [0.5, 0.6) is 0 Å². The minimum Gasteiger partial charge on any atom is -0.456 e. The second-order valence-corrected chi connectivity index (χ2v) is 7.80. The summed E-state index contributed by atoms with van der Waals surface area (Å²) in [5, 5.41) is 2.27. The molecule has 0 aliphatic heterocycles. The molecule has 4 nitrogen and oxygen atoms in total. The molecule has 0 aliphatic rings. The Kier molecular flexibility index (Phi) is 2.91. The van der Waals surface area contributed by atoms with Gasteiger partial charge in [0.15, 0.2) is 0 Å². The smallest absolute Gasteiger partial charge is 0.220 e. The van der Waals surface area contributed by atoms with Gasteiger partial charge in [-0.2, -0.15) is 0 Å². The van der Waals surface area contributed by atoms with Crippen LogP contribution in [-0.2, 0) is 0 Å². The predicted molar refractivity (Wildman–Crippen MR) is 122 cm³/mol. The van der Waals surface area contributed by atoms with Crippen molar-refractivity contribution in [3.63, 3.8) is 0 Å². The summed E-state index contributed by atoms with van der Waals surface area (Å²) in [4.78, 5) is 4.99. The molecule has 142 valence electrons. The summed E-state index contributed by atoms with van der Waals surface area (Å²) in [6.07, 6.45) is 0. The molecular formula is C26H17N3O. The van der Waals surface area contributed by atoms with Gasteiger partial charge in [-0.1, -0.05) is 42.5 Å². The van der Waals surface area contributed by atoms with Gasteiger partial charge in [0.2, 0.25) is 5.78 Å². The van der Waals surface area contributed by atoms with E-state index >= 15 is 0 Å². The van der Waals surface area contributed by atoms with Crippen molar-refractivity contribution in [3.05, 3.63) is 90.5 Å². The van der Waals surface area contributed by atoms with Crippen LogP contribution in [0.1, 0.15) is 5.56 Å². The highest BCUT2D eigenvalue weighted by Crippen LogP contribution is 2.35. The van der Waals surface area contributed by atoms with E-state index in [1.54, 1.807) is 0 Å². The molecule has 30 heavy (non-hydrogen) atoms. The molecule has 0 aliphatic carbocycles. The lowest BCUT2D eigenvalue weighted by atomic mass is 10.1. The number of rotatable bonds is 1. The molecule has 4 heteroatoms. The molecule has 3 aromatic heterocycles. The molecule has 0 N–H and O–H groups in total. The molecule has 3 heterocycles. The number of fused-ring (bicyclic) bond motifs is 8. The topological polar surface area (TPSA) is 35.4 Å². The molecule has 0 atom stereocenters. The summed E-state index contributed by atoms with van der Waals surface area (Å²) in [6, 6.07) is 29.4. The number of nitrogens with zero attached hydrogens (tertiary/aromatic N) is 3. The van der Waals surface area contributed by atoms with E-state index in [4.69, 9.17) is 9.40 Å². The average molecular weight is 387 g/mol. The first kappa shape index (κ1) is 15.8. The molecule has 0 saturated heterocycles. The lowest BCUT2D eigenvalue weighted by Crippen LogP contribution is -1.96. The van der Waals surface area contributed by atoms with Gasteiger partial charge < -0.3 is 4.42 Å². The zero-order valence-electron chi connectivity index (χ0n) is 16.3. The van der Waals surface area contributed by atoms with Crippen molar-refractivity contribution >= 4 is 49.8 Å². The second-order valence-electron chi connectivity index (χ2n) is 7.80. The minimum absolute atomic E-state index is 0.918. The molecule has 0 fully saturated rings. The van der Waals surface area contributed by atoms with Gasteiger partial charge in [-0.15, -0.1) is 0 Å². The predicted octanol–water partition coefficient (Wildman–Crippen LogP) is 6.64. The van der Waals surface area contributed by atoms with Crippen molar-refractivity contribution in [2.75, 3.05) is 0 Å². The summed E-state index contributed by atoms with van der Waals surface area (Å²) >= 11 is 0. The fourth-order valence-corrected chi connectivity index (χ4v) is 4.71. The molecule has 4 aromatic carbocycles. The Morgan fingerprint density at radius 1 is 0.733 bits per heavy atom. The molecule has 0 bridgehead atoms. The zero-order valence-corrected chi connectivity index (χ0v) is 16.3. The summed E-state index contributed by atoms with van der Waals surface area (Å²) in [5.41, 5.74) is 8.47. The van der Waals surface area contributed by atoms with E-state index in [-0.39, 0.29) is 0 Å². The Hall–Kier alpha value is -4.05. The van der Waals surface area contributed by atoms with Crippen LogP contribution >= 0.6 is 0 Å². The summed E-state index contributed by atoms with van der Waals surface area (Å²) in [7, 11) is 0. The number of furan rings is 1. The van der Waals surface area contributed by atoms with Crippen LogP contribution in [0, 0.1) is 6.92 Å². The highest BCUT2D eigenvalue weighted by atomic mass is 16.3. The first-order valence-electron chi connectivity index (χ1n) is 10.1. The largest absolute Gasteiger partial charge is 0.456 e. The molecule has 0 unspecified atom stereocenters. The Balaban J connectivity index is 1.67. The fourth-order valence-electron chi connectivity index (χ4n) is 4.71. The van der Waals surface area contributed by atoms with Gasteiger partial charge in [0.1, 0.15) is 11.2 Å². The van der Waals surface area contributed by atoms with Gasteiger partial charge in [-0.3, -0.25) is 8.97 Å². The van der Waals surface area contributed by atoms with E-state index in [2.05, 4.69) is 82.6 Å². The number of benzene rings is 4. The quantitative estimate of drug-likeness (QED) is 0.316. The fraction of sp³-hybridized carbons (Fsp3) is 0.0385. The maximum absolute atomic E-state index is 6.15. The lowest BCUT2D eigenvalue weighted by molar-refractivity contribution is 0.665. The van der Waals surface area contributed by atoms with Gasteiger partial charge in [-0.05, 0) is 55.0 Å². The highest BCUT2D eigenvalue weighted by Gasteiger charge is 2.18. The van der Waals surface area contributed by atoms with Crippen LogP contribution < -0.4 is 0 Å². The molecule has 0 spiro atoms. The van der Waals surface area contributed by atoms with Gasteiger partial charge in [0.25, 0.3) is 0 Å². The molecular weight excluding hydrogens is 370 g/mol. The number of imidazole rings is 2. The molecule has 0 amide bonds. The van der Waals surface area contributed by atoms with E-state index in [0.29, 0.717) is 0 Å². The van der Waals surface area contributed by atoms with Crippen LogP contribution in [0.15, 0.2) is 89.3 Å². The lowest BCUT2D eigenvalue weighted by Gasteiger charge is -2.07. The van der Waals surface area contributed by atoms with Crippen molar-refractivity contribution in [2.45, 2.75) is 6.92 Å². The van der Waals surface area contributed by atoms with E-state index < -0.39 is 0 Å². The Morgan fingerprint density at radius 3 is 2.37 bits per heavy atom. The van der Waals surface area contributed by atoms with E-state index in [1.807, 2.05) is 18.2 Å². The third-order valence-electron chi connectivity index (χ3n) is 6.01. The van der Waals surface area contributed by atoms with Crippen LogP contribution in [0.4, 0.5) is 0 Å². The van der Waals surface area contributed by atoms with Crippen LogP contribution in [0.3, 0.4) is 0 Å². The van der Waals surface area contributed by atoms with E-state index in [1.165, 1.54) is 0 Å². The van der Waals surface area contributed by atoms with Crippen LogP contribution in [0.2, 0.25) is 0 Å². The summed E-state index contributed by atoms with van der Waals surface area (Å²) < 4.78 is 10.6. The van der Waals surface area contributed by atoms with Crippen LogP contribution in [-0.4, -0.2) is 14.0 Å². The summed E-state index contributed by atoms with van der Waals surface area (Å²) in [5.74, 6) is 0.920. The number of para-hydroxylation sites is 5. The van der Waals surface area contributed by atoms with E-state index in [9.17, 15) is 0 Å². The molecule has 7 aromatic rings. The second kappa shape index (κ2) is 5.51. The van der Waals surface area contributed by atoms with Crippen molar-refractivity contribution in [1.29, 1.82) is 0 Å². The average Bonchev–Trinajstić information content (AvgIpc) is 3.42. The third-order valence-corrected chi connectivity index (χ3v) is 6.01. The molecule has 7 rings (SSSR count). The minimum atomic E-state index is 0.918. The van der Waals surface area contributed by atoms with Gasteiger partial charge in [0.05, 0.1) is 27.8 Å². The SMILES string of the molecule is Cc1cc(-n2c3ccccc3n3c4ccccc4nc23)cc2c1oc1ccccc12. The van der Waals surface area contributed by atoms with Crippen LogP contribution in [0.25, 0.3) is 55.5 Å². The Morgan fingerprint density at radius 2 is 1.47 bits per heavy atom. The molecule has 0 radical (unpaired) electrons. The monoisotopic (exact) mass is 387 g/mol. The Bertz CT molecular complexity index is 1760. The van der Waals surface area contributed by atoms with Crippen molar-refractivity contribution in [2.24, 2.45) is 0 Å². The number of aromatic nitrogens is 3. The Labute approximate surface area is 171 Å². The number of aryl methyl sites for hydroxylation is 1. The highest BCUT2D eigenvalue weighted by molar-refractivity contribution is 6.07. The molecule has 0 saturated carbocycles. The standard InChI is InChI=1S/C26H17N3O/c1-16-14-17(15-19-18-8-2-7-13-24(18)30-25(16)19)28-22-11-5-6-12-23(22)29-21-10-4-3-9-20(21)27-26(28)29/h2-15H,1H3. The first-order chi connectivity index (χ1) is 14.8. The van der Waals surface area contributed by atoms with Crippen molar-refractivity contribution in [1.82, 2.24) is 14.0 Å². The van der Waals surface area contributed by atoms with E-state index in [0.717, 1.165) is 61.0 Å². The normalized spacial score (nSPS) is 12.2. The number of hydrogen-bond acceptors (Lipinski definition) is 2. The maximum Gasteiger partial charge on any atom is 0.220 e. The summed E-state index contributed by atoms with van der Waals surface area (Å²) in [6.45, 7) is 2.11. The zero-order chi connectivity index (χ0) is 19.8. The number of hydrogen-bond donors (Lipinski definition) is 0. The van der Waals surface area contributed by atoms with Gasteiger partial charge in [0, 0.05) is 10.8 Å². The first-order valence-corrected chi connectivity index (χ1v) is 10.1. The van der Waals surface area contributed by atoms with Gasteiger partial charge >= 0.3 is 0 Å². The van der Waals surface area contributed by atoms with Crippen molar-refractivity contribution < 1.29 is 4.42 Å². The maximum atomic E-state index is 6.15. The third kappa shape index (κ3) is 1.93. The van der Waals surface area contributed by atoms with Gasteiger partial charge in [-0.25, -0.2) is 4.98 Å².